The van der Waals surface area contributed by atoms with E-state index in [9.17, 15) is 9.18 Å². The Labute approximate surface area is 122 Å². The monoisotopic (exact) mass is 286 g/mol. The largest absolute Gasteiger partial charge is 0.352 e. The van der Waals surface area contributed by atoms with E-state index in [1.54, 1.807) is 23.2 Å². The van der Waals surface area contributed by atoms with Gasteiger partial charge in [0.1, 0.15) is 5.82 Å². The van der Waals surface area contributed by atoms with E-state index in [0.29, 0.717) is 26.2 Å². The summed E-state index contributed by atoms with van der Waals surface area (Å²) in [5.41, 5.74) is 0.130. The van der Waals surface area contributed by atoms with E-state index in [2.05, 4.69) is 15.1 Å². The smallest absolute Gasteiger partial charge is 0.256 e. The molecule has 2 aromatic rings. The first-order valence-electron chi connectivity index (χ1n) is 6.82. The topological polar surface area (TPSA) is 49.3 Å². The Balaban J connectivity index is 1.66. The fourth-order valence-electron chi connectivity index (χ4n) is 2.41. The number of anilines is 1. The van der Waals surface area contributed by atoms with Gasteiger partial charge in [-0.05, 0) is 24.3 Å². The van der Waals surface area contributed by atoms with Crippen molar-refractivity contribution in [1.82, 2.24) is 15.1 Å². The zero-order valence-electron chi connectivity index (χ0n) is 11.4. The first-order chi connectivity index (χ1) is 10.3. The molecule has 108 valence electrons. The minimum Gasteiger partial charge on any atom is -0.352 e. The molecule has 1 aromatic heterocycles. The number of piperazine rings is 1. The molecule has 0 bridgehead atoms. The molecule has 6 heteroatoms. The Morgan fingerprint density at radius 1 is 1.05 bits per heavy atom. The van der Waals surface area contributed by atoms with Crippen molar-refractivity contribution in [3.8, 4) is 0 Å². The molecule has 5 nitrogen and oxygen atoms in total. The summed E-state index contributed by atoms with van der Waals surface area (Å²) in [5.74, 6) is 0.0706. The number of halogens is 1. The SMILES string of the molecule is O=C(c1ccccc1F)N1CCN(c2cccnn2)CC1. The number of carbonyl (C=O) groups is 1. The van der Waals surface area contributed by atoms with Crippen LogP contribution in [-0.4, -0.2) is 47.2 Å². The highest BCUT2D eigenvalue weighted by Crippen LogP contribution is 2.15. The van der Waals surface area contributed by atoms with Gasteiger partial charge in [-0.3, -0.25) is 4.79 Å². The van der Waals surface area contributed by atoms with Gasteiger partial charge >= 0.3 is 0 Å². The lowest BCUT2D eigenvalue weighted by molar-refractivity contribution is 0.0742. The first-order valence-corrected chi connectivity index (χ1v) is 6.82. The van der Waals surface area contributed by atoms with Gasteiger partial charge in [0.15, 0.2) is 5.82 Å². The van der Waals surface area contributed by atoms with E-state index in [1.807, 2.05) is 12.1 Å². The maximum Gasteiger partial charge on any atom is 0.256 e. The molecular weight excluding hydrogens is 271 g/mol. The van der Waals surface area contributed by atoms with Gasteiger partial charge in [-0.25, -0.2) is 4.39 Å². The van der Waals surface area contributed by atoms with Gasteiger partial charge < -0.3 is 9.80 Å². The van der Waals surface area contributed by atoms with Crippen LogP contribution in [0.2, 0.25) is 0 Å². The van der Waals surface area contributed by atoms with Crippen molar-refractivity contribution in [3.63, 3.8) is 0 Å². The van der Waals surface area contributed by atoms with Gasteiger partial charge in [0.25, 0.3) is 5.91 Å². The van der Waals surface area contributed by atoms with Crippen molar-refractivity contribution in [3.05, 3.63) is 54.0 Å². The molecule has 1 fully saturated rings. The van der Waals surface area contributed by atoms with E-state index >= 15 is 0 Å². The van der Waals surface area contributed by atoms with Crippen LogP contribution >= 0.6 is 0 Å². The molecule has 1 aromatic carbocycles. The normalized spacial score (nSPS) is 15.1. The molecule has 2 heterocycles. The highest BCUT2D eigenvalue weighted by Gasteiger charge is 2.24. The average Bonchev–Trinajstić information content (AvgIpc) is 2.56. The van der Waals surface area contributed by atoms with Gasteiger partial charge in [0.2, 0.25) is 0 Å². The molecule has 0 spiro atoms. The standard InChI is InChI=1S/C15H15FN4O/c16-13-5-2-1-4-12(13)15(21)20-10-8-19(9-11-20)14-6-3-7-17-18-14/h1-7H,8-11H2. The van der Waals surface area contributed by atoms with Crippen molar-refractivity contribution in [2.75, 3.05) is 31.1 Å². The number of rotatable bonds is 2. The summed E-state index contributed by atoms with van der Waals surface area (Å²) in [4.78, 5) is 16.0. The zero-order chi connectivity index (χ0) is 14.7. The molecule has 1 saturated heterocycles. The molecule has 3 rings (SSSR count). The maximum atomic E-state index is 13.7. The lowest BCUT2D eigenvalue weighted by Gasteiger charge is -2.35. The summed E-state index contributed by atoms with van der Waals surface area (Å²) in [6.07, 6.45) is 1.63. The molecule has 21 heavy (non-hydrogen) atoms. The molecule has 0 saturated carbocycles. The second-order valence-corrected chi connectivity index (χ2v) is 4.84. The summed E-state index contributed by atoms with van der Waals surface area (Å²) >= 11 is 0. The van der Waals surface area contributed by atoms with Crippen molar-refractivity contribution < 1.29 is 9.18 Å². The fraction of sp³-hybridized carbons (Fsp3) is 0.267. The highest BCUT2D eigenvalue weighted by atomic mass is 19.1. The number of hydrogen-bond donors (Lipinski definition) is 0. The molecule has 0 N–H and O–H groups in total. The predicted molar refractivity (Wildman–Crippen MR) is 76.5 cm³/mol. The van der Waals surface area contributed by atoms with Crippen molar-refractivity contribution >= 4 is 11.7 Å². The average molecular weight is 286 g/mol. The Morgan fingerprint density at radius 2 is 1.81 bits per heavy atom. The summed E-state index contributed by atoms with van der Waals surface area (Å²) in [5, 5.41) is 7.91. The molecule has 1 amide bonds. The second-order valence-electron chi connectivity index (χ2n) is 4.84. The van der Waals surface area contributed by atoms with E-state index < -0.39 is 5.82 Å². The number of nitrogens with zero attached hydrogens (tertiary/aromatic N) is 4. The summed E-state index contributed by atoms with van der Waals surface area (Å²) in [7, 11) is 0. The third-order valence-corrected chi connectivity index (χ3v) is 3.55. The number of hydrogen-bond acceptors (Lipinski definition) is 4. The second kappa shape index (κ2) is 5.87. The van der Waals surface area contributed by atoms with Gasteiger partial charge in [0.05, 0.1) is 5.56 Å². The molecule has 0 radical (unpaired) electrons. The minimum atomic E-state index is -0.473. The summed E-state index contributed by atoms with van der Waals surface area (Å²) in [6.45, 7) is 2.42. The molecule has 0 unspecified atom stereocenters. The number of amides is 1. The van der Waals surface area contributed by atoms with E-state index in [0.717, 1.165) is 5.82 Å². The quantitative estimate of drug-likeness (QED) is 0.841. The number of benzene rings is 1. The van der Waals surface area contributed by atoms with Crippen LogP contribution in [0, 0.1) is 5.82 Å². The number of carbonyl (C=O) groups excluding carboxylic acids is 1. The Bertz CT molecular complexity index is 627. The van der Waals surface area contributed by atoms with E-state index in [1.165, 1.54) is 12.1 Å². The van der Waals surface area contributed by atoms with Crippen LogP contribution in [0.25, 0.3) is 0 Å². The summed E-state index contributed by atoms with van der Waals surface area (Å²) in [6, 6.07) is 9.81. The van der Waals surface area contributed by atoms with Crippen LogP contribution in [0.5, 0.6) is 0 Å². The Morgan fingerprint density at radius 3 is 2.48 bits per heavy atom. The first kappa shape index (κ1) is 13.5. The highest BCUT2D eigenvalue weighted by molar-refractivity contribution is 5.94. The van der Waals surface area contributed by atoms with Gasteiger partial charge in [-0.2, -0.15) is 5.10 Å². The van der Waals surface area contributed by atoms with Crippen LogP contribution in [0.4, 0.5) is 10.2 Å². The van der Waals surface area contributed by atoms with E-state index in [4.69, 9.17) is 0 Å². The lowest BCUT2D eigenvalue weighted by Crippen LogP contribution is -2.49. The van der Waals surface area contributed by atoms with E-state index in [-0.39, 0.29) is 11.5 Å². The molecular formula is C15H15FN4O. The molecule has 0 atom stereocenters. The molecule has 1 aliphatic rings. The maximum absolute atomic E-state index is 13.7. The Kier molecular flexibility index (Phi) is 3.77. The lowest BCUT2D eigenvalue weighted by atomic mass is 10.1. The molecule has 1 aliphatic heterocycles. The number of aromatic nitrogens is 2. The van der Waals surface area contributed by atoms with Gasteiger partial charge in [0, 0.05) is 32.4 Å². The van der Waals surface area contributed by atoms with Crippen LogP contribution in [0.3, 0.4) is 0 Å². The van der Waals surface area contributed by atoms with Crippen molar-refractivity contribution in [1.29, 1.82) is 0 Å². The van der Waals surface area contributed by atoms with Gasteiger partial charge in [-0.1, -0.05) is 12.1 Å². The van der Waals surface area contributed by atoms with Crippen LogP contribution < -0.4 is 4.90 Å². The third kappa shape index (κ3) is 2.84. The third-order valence-electron chi connectivity index (χ3n) is 3.55. The van der Waals surface area contributed by atoms with Crippen molar-refractivity contribution in [2.45, 2.75) is 0 Å². The fourth-order valence-corrected chi connectivity index (χ4v) is 2.41. The predicted octanol–water partition coefficient (Wildman–Crippen LogP) is 1.58. The minimum absolute atomic E-state index is 0.130. The zero-order valence-corrected chi connectivity index (χ0v) is 11.4. The van der Waals surface area contributed by atoms with Crippen LogP contribution in [-0.2, 0) is 0 Å². The van der Waals surface area contributed by atoms with Crippen LogP contribution in [0.15, 0.2) is 42.6 Å². The summed E-state index contributed by atoms with van der Waals surface area (Å²) < 4.78 is 13.7. The van der Waals surface area contributed by atoms with Crippen LogP contribution in [0.1, 0.15) is 10.4 Å². The van der Waals surface area contributed by atoms with Crippen molar-refractivity contribution in [2.24, 2.45) is 0 Å². The van der Waals surface area contributed by atoms with Gasteiger partial charge in [-0.15, -0.1) is 5.10 Å². The Hall–Kier alpha value is -2.50. The molecule has 0 aliphatic carbocycles.